The largest absolute Gasteiger partial charge is 0.396 e. The second-order valence-electron chi connectivity index (χ2n) is 5.53. The van der Waals surface area contributed by atoms with E-state index in [-0.39, 0.29) is 17.8 Å². The van der Waals surface area contributed by atoms with Gasteiger partial charge in [-0.05, 0) is 37.1 Å². The summed E-state index contributed by atoms with van der Waals surface area (Å²) in [7, 11) is 0. The van der Waals surface area contributed by atoms with Crippen molar-refractivity contribution in [1.82, 2.24) is 15.1 Å². The second kappa shape index (κ2) is 5.34. The number of nitrogens with zero attached hydrogens (tertiary/aromatic N) is 2. The predicted octanol–water partition coefficient (Wildman–Crippen LogP) is 1.87. The van der Waals surface area contributed by atoms with Crippen molar-refractivity contribution in [2.24, 2.45) is 5.41 Å². The molecule has 1 aromatic heterocycles. The lowest BCUT2D eigenvalue weighted by Gasteiger charge is -2.11. The van der Waals surface area contributed by atoms with Crippen LogP contribution in [0.3, 0.4) is 0 Å². The van der Waals surface area contributed by atoms with Crippen LogP contribution >= 0.6 is 0 Å². The van der Waals surface area contributed by atoms with Crippen LogP contribution in [0.4, 0.5) is 4.39 Å². The number of aromatic nitrogens is 2. The van der Waals surface area contributed by atoms with E-state index in [1.165, 1.54) is 12.1 Å². The topological polar surface area (TPSA) is 50.1 Å². The average Bonchev–Trinajstić information content (AvgIpc) is 3.09. The van der Waals surface area contributed by atoms with Crippen LogP contribution in [0.25, 0.3) is 5.69 Å². The molecule has 5 heteroatoms. The van der Waals surface area contributed by atoms with Crippen LogP contribution in [-0.4, -0.2) is 28.0 Å². The van der Waals surface area contributed by atoms with Gasteiger partial charge < -0.3 is 10.4 Å². The van der Waals surface area contributed by atoms with Crippen molar-refractivity contribution in [3.05, 3.63) is 48.0 Å². The van der Waals surface area contributed by atoms with Crippen molar-refractivity contribution in [2.45, 2.75) is 19.4 Å². The van der Waals surface area contributed by atoms with Gasteiger partial charge in [-0.1, -0.05) is 0 Å². The highest BCUT2D eigenvalue weighted by molar-refractivity contribution is 5.31. The molecule has 0 saturated heterocycles. The number of benzene rings is 1. The van der Waals surface area contributed by atoms with Crippen molar-refractivity contribution in [1.29, 1.82) is 0 Å². The number of aliphatic hydroxyl groups is 1. The van der Waals surface area contributed by atoms with Crippen LogP contribution in [0.1, 0.15) is 18.4 Å². The fraction of sp³-hybridized carbons (Fsp3) is 0.400. The molecule has 0 bridgehead atoms. The molecule has 1 saturated carbocycles. The molecule has 3 rings (SSSR count). The van der Waals surface area contributed by atoms with E-state index in [0.717, 1.165) is 37.2 Å². The van der Waals surface area contributed by atoms with Crippen LogP contribution in [0.15, 0.2) is 36.7 Å². The summed E-state index contributed by atoms with van der Waals surface area (Å²) >= 11 is 0. The zero-order chi connectivity index (χ0) is 14.0. The van der Waals surface area contributed by atoms with E-state index in [2.05, 4.69) is 10.4 Å². The van der Waals surface area contributed by atoms with Crippen LogP contribution < -0.4 is 5.32 Å². The SMILES string of the molecule is OCC1(CNCc2cnn(-c3ccc(F)cc3)c2)CC1. The standard InChI is InChI=1S/C15H18FN3O/c16-13-1-3-14(4-2-13)19-9-12(8-18-19)7-17-10-15(11-20)5-6-15/h1-4,8-9,17,20H,5-7,10-11H2. The molecule has 1 aliphatic rings. The van der Waals surface area contributed by atoms with Crippen LogP contribution in [-0.2, 0) is 6.54 Å². The maximum atomic E-state index is 12.9. The Kier molecular flexibility index (Phi) is 3.54. The van der Waals surface area contributed by atoms with Gasteiger partial charge in [0.05, 0.1) is 11.9 Å². The summed E-state index contributed by atoms with van der Waals surface area (Å²) in [5.74, 6) is -0.249. The molecule has 4 nitrogen and oxygen atoms in total. The molecular formula is C15H18FN3O. The Morgan fingerprint density at radius 3 is 2.70 bits per heavy atom. The molecule has 0 atom stereocenters. The highest BCUT2D eigenvalue weighted by atomic mass is 19.1. The Bertz CT molecular complexity index is 575. The van der Waals surface area contributed by atoms with Crippen molar-refractivity contribution >= 4 is 0 Å². The molecule has 0 amide bonds. The van der Waals surface area contributed by atoms with E-state index in [0.29, 0.717) is 0 Å². The number of rotatable bonds is 6. The third-order valence-electron chi connectivity index (χ3n) is 3.85. The van der Waals surface area contributed by atoms with Gasteiger partial charge in [0.1, 0.15) is 5.82 Å². The number of hydrogen-bond acceptors (Lipinski definition) is 3. The zero-order valence-electron chi connectivity index (χ0n) is 11.2. The Balaban J connectivity index is 1.58. The summed E-state index contributed by atoms with van der Waals surface area (Å²) in [6.45, 7) is 1.82. The molecule has 1 heterocycles. The van der Waals surface area contributed by atoms with E-state index in [1.807, 2.05) is 6.20 Å². The maximum absolute atomic E-state index is 12.9. The highest BCUT2D eigenvalue weighted by Gasteiger charge is 2.41. The second-order valence-corrected chi connectivity index (χ2v) is 5.53. The molecule has 0 aliphatic heterocycles. The van der Waals surface area contributed by atoms with E-state index < -0.39 is 0 Å². The molecular weight excluding hydrogens is 257 g/mol. The summed E-state index contributed by atoms with van der Waals surface area (Å²) in [4.78, 5) is 0. The zero-order valence-corrected chi connectivity index (χ0v) is 11.2. The third-order valence-corrected chi connectivity index (χ3v) is 3.85. The first-order valence-corrected chi connectivity index (χ1v) is 6.82. The fourth-order valence-electron chi connectivity index (χ4n) is 2.23. The molecule has 1 aromatic carbocycles. The lowest BCUT2D eigenvalue weighted by atomic mass is 10.1. The fourth-order valence-corrected chi connectivity index (χ4v) is 2.23. The first-order chi connectivity index (χ1) is 9.71. The summed E-state index contributed by atoms with van der Waals surface area (Å²) in [5.41, 5.74) is 2.03. The summed E-state index contributed by atoms with van der Waals surface area (Å²) in [6, 6.07) is 6.25. The van der Waals surface area contributed by atoms with Gasteiger partial charge in [0, 0.05) is 36.9 Å². The predicted molar refractivity (Wildman–Crippen MR) is 74.0 cm³/mol. The summed E-state index contributed by atoms with van der Waals surface area (Å²) in [5, 5.41) is 16.9. The minimum absolute atomic E-state index is 0.118. The lowest BCUT2D eigenvalue weighted by molar-refractivity contribution is 0.207. The van der Waals surface area contributed by atoms with Gasteiger partial charge in [-0.25, -0.2) is 9.07 Å². The maximum Gasteiger partial charge on any atom is 0.123 e. The minimum Gasteiger partial charge on any atom is -0.396 e. The molecule has 106 valence electrons. The normalized spacial score (nSPS) is 16.3. The average molecular weight is 275 g/mol. The number of hydrogen-bond donors (Lipinski definition) is 2. The van der Waals surface area contributed by atoms with E-state index in [4.69, 9.17) is 0 Å². The molecule has 1 fully saturated rings. The molecule has 2 aromatic rings. The molecule has 0 unspecified atom stereocenters. The van der Waals surface area contributed by atoms with Gasteiger partial charge in [0.2, 0.25) is 0 Å². The van der Waals surface area contributed by atoms with Gasteiger partial charge >= 0.3 is 0 Å². The quantitative estimate of drug-likeness (QED) is 0.846. The molecule has 20 heavy (non-hydrogen) atoms. The van der Waals surface area contributed by atoms with Crippen molar-refractivity contribution < 1.29 is 9.50 Å². The molecule has 2 N–H and O–H groups in total. The Morgan fingerprint density at radius 1 is 1.30 bits per heavy atom. The smallest absolute Gasteiger partial charge is 0.123 e. The van der Waals surface area contributed by atoms with Crippen LogP contribution in [0.2, 0.25) is 0 Å². The van der Waals surface area contributed by atoms with Crippen molar-refractivity contribution in [3.63, 3.8) is 0 Å². The van der Waals surface area contributed by atoms with Gasteiger partial charge in [-0.3, -0.25) is 0 Å². The number of nitrogens with one attached hydrogen (secondary N) is 1. The van der Waals surface area contributed by atoms with Crippen molar-refractivity contribution in [3.8, 4) is 5.69 Å². The van der Waals surface area contributed by atoms with Gasteiger partial charge in [0.25, 0.3) is 0 Å². The minimum atomic E-state index is -0.249. The van der Waals surface area contributed by atoms with E-state index in [1.54, 1.807) is 23.0 Å². The van der Waals surface area contributed by atoms with E-state index >= 15 is 0 Å². The molecule has 0 radical (unpaired) electrons. The van der Waals surface area contributed by atoms with Crippen LogP contribution in [0, 0.1) is 11.2 Å². The van der Waals surface area contributed by atoms with Crippen LogP contribution in [0.5, 0.6) is 0 Å². The first-order valence-electron chi connectivity index (χ1n) is 6.82. The Morgan fingerprint density at radius 2 is 2.05 bits per heavy atom. The summed E-state index contributed by atoms with van der Waals surface area (Å²) < 4.78 is 14.6. The number of halogens is 1. The molecule has 0 spiro atoms. The first kappa shape index (κ1) is 13.3. The number of aliphatic hydroxyl groups excluding tert-OH is 1. The third kappa shape index (κ3) is 2.89. The van der Waals surface area contributed by atoms with Gasteiger partial charge in [-0.2, -0.15) is 5.10 Å². The van der Waals surface area contributed by atoms with E-state index in [9.17, 15) is 9.50 Å². The Labute approximate surface area is 117 Å². The highest BCUT2D eigenvalue weighted by Crippen LogP contribution is 2.44. The Hall–Kier alpha value is -1.72. The van der Waals surface area contributed by atoms with Gasteiger partial charge in [-0.15, -0.1) is 0 Å². The molecule has 1 aliphatic carbocycles. The van der Waals surface area contributed by atoms with Crippen molar-refractivity contribution in [2.75, 3.05) is 13.2 Å². The lowest BCUT2D eigenvalue weighted by Crippen LogP contribution is -2.25. The van der Waals surface area contributed by atoms with Gasteiger partial charge in [0.15, 0.2) is 0 Å². The monoisotopic (exact) mass is 275 g/mol. The summed E-state index contributed by atoms with van der Waals surface area (Å²) in [6.07, 6.45) is 5.93.